The van der Waals surface area contributed by atoms with Crippen molar-refractivity contribution in [2.75, 3.05) is 7.11 Å². The van der Waals surface area contributed by atoms with E-state index >= 15 is 0 Å². The van der Waals surface area contributed by atoms with Crippen LogP contribution in [0.15, 0.2) is 42.5 Å². The predicted octanol–water partition coefficient (Wildman–Crippen LogP) is 3.82. The van der Waals surface area contributed by atoms with Crippen molar-refractivity contribution >= 4 is 11.6 Å². The van der Waals surface area contributed by atoms with Gasteiger partial charge in [-0.3, -0.25) is 0 Å². The molecule has 0 saturated carbocycles. The molecule has 2 rings (SSSR count). The molecule has 0 bridgehead atoms. The molecule has 2 aromatic rings. The Balaban J connectivity index is 2.49. The van der Waals surface area contributed by atoms with E-state index in [-0.39, 0.29) is 0 Å². The number of para-hydroxylation sites is 1. The quantitative estimate of drug-likeness (QED) is 0.743. The van der Waals surface area contributed by atoms with Crippen molar-refractivity contribution in [3.63, 3.8) is 0 Å². The number of rotatable bonds is 2. The van der Waals surface area contributed by atoms with Crippen molar-refractivity contribution in [3.8, 4) is 16.9 Å². The number of ether oxygens (including phenoxy) is 1. The SMILES string of the molecule is COc1[c]cccc1-c1ccc(Cl)cc1. The topological polar surface area (TPSA) is 9.23 Å². The molecule has 75 valence electrons. The Bertz CT molecular complexity index is 448. The highest BCUT2D eigenvalue weighted by atomic mass is 35.5. The van der Waals surface area contributed by atoms with Crippen LogP contribution in [0.25, 0.3) is 11.1 Å². The molecule has 0 heterocycles. The third-order valence-corrected chi connectivity index (χ3v) is 2.43. The van der Waals surface area contributed by atoms with Crippen LogP contribution in [-0.2, 0) is 0 Å². The van der Waals surface area contributed by atoms with Gasteiger partial charge in [0.05, 0.1) is 7.11 Å². The first kappa shape index (κ1) is 10.1. The maximum atomic E-state index is 5.83. The molecule has 0 aliphatic carbocycles. The number of methoxy groups -OCH3 is 1. The summed E-state index contributed by atoms with van der Waals surface area (Å²) in [4.78, 5) is 0. The second-order valence-corrected chi connectivity index (χ2v) is 3.56. The molecule has 15 heavy (non-hydrogen) atoms. The zero-order valence-electron chi connectivity index (χ0n) is 8.33. The summed E-state index contributed by atoms with van der Waals surface area (Å²) < 4.78 is 5.24. The van der Waals surface area contributed by atoms with E-state index in [0.29, 0.717) is 0 Å². The summed E-state index contributed by atoms with van der Waals surface area (Å²) in [6, 6.07) is 16.5. The summed E-state index contributed by atoms with van der Waals surface area (Å²) in [6.07, 6.45) is 0. The number of halogens is 1. The lowest BCUT2D eigenvalue weighted by molar-refractivity contribution is 0.415. The van der Waals surface area contributed by atoms with Gasteiger partial charge in [-0.1, -0.05) is 41.9 Å². The highest BCUT2D eigenvalue weighted by molar-refractivity contribution is 6.30. The Morgan fingerprint density at radius 2 is 1.87 bits per heavy atom. The number of hydrogen-bond acceptors (Lipinski definition) is 1. The van der Waals surface area contributed by atoms with Crippen LogP contribution < -0.4 is 4.74 Å². The average Bonchev–Trinajstić information content (AvgIpc) is 2.30. The van der Waals surface area contributed by atoms with E-state index in [9.17, 15) is 0 Å². The lowest BCUT2D eigenvalue weighted by Gasteiger charge is -2.07. The number of hydrogen-bond donors (Lipinski definition) is 0. The second-order valence-electron chi connectivity index (χ2n) is 3.12. The zero-order valence-corrected chi connectivity index (χ0v) is 9.08. The number of benzene rings is 2. The monoisotopic (exact) mass is 217 g/mol. The normalized spacial score (nSPS) is 10.0. The summed E-state index contributed by atoms with van der Waals surface area (Å²) in [7, 11) is 1.64. The van der Waals surface area contributed by atoms with Crippen molar-refractivity contribution in [2.24, 2.45) is 0 Å². The molecule has 0 N–H and O–H groups in total. The van der Waals surface area contributed by atoms with Crippen LogP contribution in [0.1, 0.15) is 0 Å². The molecule has 0 fully saturated rings. The molecule has 0 spiro atoms. The summed E-state index contributed by atoms with van der Waals surface area (Å²) in [6.45, 7) is 0. The highest BCUT2D eigenvalue weighted by Gasteiger charge is 2.03. The van der Waals surface area contributed by atoms with E-state index in [1.54, 1.807) is 7.11 Å². The van der Waals surface area contributed by atoms with Gasteiger partial charge < -0.3 is 4.74 Å². The maximum absolute atomic E-state index is 5.83. The molecule has 0 atom stereocenters. The van der Waals surface area contributed by atoms with Gasteiger partial charge >= 0.3 is 0 Å². The third kappa shape index (κ3) is 2.13. The van der Waals surface area contributed by atoms with Crippen LogP contribution in [0.2, 0.25) is 5.02 Å². The van der Waals surface area contributed by atoms with E-state index in [2.05, 4.69) is 6.07 Å². The molecule has 2 heteroatoms. The fraction of sp³-hybridized carbons (Fsp3) is 0.0769. The molecule has 0 aromatic heterocycles. The van der Waals surface area contributed by atoms with Gasteiger partial charge in [0.25, 0.3) is 0 Å². The van der Waals surface area contributed by atoms with E-state index in [0.717, 1.165) is 21.9 Å². The van der Waals surface area contributed by atoms with Gasteiger partial charge in [-0.2, -0.15) is 0 Å². The minimum Gasteiger partial charge on any atom is -0.495 e. The smallest absolute Gasteiger partial charge is 0.134 e. The first-order valence-electron chi connectivity index (χ1n) is 4.62. The van der Waals surface area contributed by atoms with Gasteiger partial charge in [-0.05, 0) is 17.7 Å². The van der Waals surface area contributed by atoms with Crippen LogP contribution >= 0.6 is 11.6 Å². The van der Waals surface area contributed by atoms with Crippen LogP contribution in [0.3, 0.4) is 0 Å². The van der Waals surface area contributed by atoms with Gasteiger partial charge in [0.2, 0.25) is 0 Å². The Morgan fingerprint density at radius 1 is 1.13 bits per heavy atom. The van der Waals surface area contributed by atoms with Crippen molar-refractivity contribution in [1.82, 2.24) is 0 Å². The Hall–Kier alpha value is -1.47. The first-order chi connectivity index (χ1) is 7.31. The fourth-order valence-electron chi connectivity index (χ4n) is 1.45. The standard InChI is InChI=1S/C13H10ClO/c1-15-13-5-3-2-4-12(13)10-6-8-11(14)9-7-10/h2-4,6-9H,1H3. The van der Waals surface area contributed by atoms with Crippen LogP contribution in [-0.4, -0.2) is 7.11 Å². The molecule has 0 amide bonds. The molecular weight excluding hydrogens is 208 g/mol. The highest BCUT2D eigenvalue weighted by Crippen LogP contribution is 2.29. The van der Waals surface area contributed by atoms with Gasteiger partial charge in [-0.25, -0.2) is 0 Å². The van der Waals surface area contributed by atoms with Crippen molar-refractivity contribution < 1.29 is 4.74 Å². The Morgan fingerprint density at radius 3 is 2.53 bits per heavy atom. The van der Waals surface area contributed by atoms with E-state index in [4.69, 9.17) is 16.3 Å². The predicted molar refractivity (Wildman–Crippen MR) is 62.3 cm³/mol. The van der Waals surface area contributed by atoms with Gasteiger partial charge in [0, 0.05) is 16.7 Å². The third-order valence-electron chi connectivity index (χ3n) is 2.18. The molecule has 0 saturated heterocycles. The molecule has 0 aliphatic heterocycles. The van der Waals surface area contributed by atoms with Crippen molar-refractivity contribution in [3.05, 3.63) is 53.6 Å². The van der Waals surface area contributed by atoms with Crippen LogP contribution in [0, 0.1) is 6.07 Å². The van der Waals surface area contributed by atoms with E-state index in [1.807, 2.05) is 42.5 Å². The first-order valence-corrected chi connectivity index (χ1v) is 4.99. The molecule has 0 aliphatic rings. The second kappa shape index (κ2) is 4.37. The van der Waals surface area contributed by atoms with Crippen molar-refractivity contribution in [2.45, 2.75) is 0 Å². The van der Waals surface area contributed by atoms with E-state index in [1.165, 1.54) is 0 Å². The van der Waals surface area contributed by atoms with Crippen LogP contribution in [0.4, 0.5) is 0 Å². The van der Waals surface area contributed by atoms with Gasteiger partial charge in [0.15, 0.2) is 0 Å². The zero-order chi connectivity index (χ0) is 10.7. The Kier molecular flexibility index (Phi) is 2.93. The van der Waals surface area contributed by atoms with Gasteiger partial charge in [-0.15, -0.1) is 0 Å². The molecule has 0 unspecified atom stereocenters. The van der Waals surface area contributed by atoms with E-state index < -0.39 is 0 Å². The molecule has 1 radical (unpaired) electrons. The molecular formula is C13H10ClO. The lowest BCUT2D eigenvalue weighted by atomic mass is 10.1. The summed E-state index contributed by atoms with van der Waals surface area (Å²) in [5, 5.41) is 0.734. The fourth-order valence-corrected chi connectivity index (χ4v) is 1.57. The van der Waals surface area contributed by atoms with Crippen LogP contribution in [0.5, 0.6) is 5.75 Å². The van der Waals surface area contributed by atoms with Crippen molar-refractivity contribution in [1.29, 1.82) is 0 Å². The Labute approximate surface area is 94.3 Å². The summed E-state index contributed by atoms with van der Waals surface area (Å²) in [5.74, 6) is 0.750. The molecule has 2 aromatic carbocycles. The van der Waals surface area contributed by atoms with Gasteiger partial charge in [0.1, 0.15) is 5.75 Å². The summed E-state index contributed by atoms with van der Waals surface area (Å²) >= 11 is 5.83. The largest absolute Gasteiger partial charge is 0.495 e. The summed E-state index contributed by atoms with van der Waals surface area (Å²) in [5.41, 5.74) is 2.10. The lowest BCUT2D eigenvalue weighted by Crippen LogP contribution is -1.87. The molecule has 1 nitrogen and oxygen atoms in total. The maximum Gasteiger partial charge on any atom is 0.134 e. The minimum atomic E-state index is 0.734. The minimum absolute atomic E-state index is 0.734. The average molecular weight is 218 g/mol.